The average molecular weight is 156 g/mol. The van der Waals surface area contributed by atoms with Gasteiger partial charge in [-0.3, -0.25) is 0 Å². The molecule has 1 saturated carbocycles. The number of ether oxygens (including phenoxy) is 2. The summed E-state index contributed by atoms with van der Waals surface area (Å²) in [5.74, 6) is 0.575. The zero-order chi connectivity index (χ0) is 7.73. The molecule has 0 amide bonds. The van der Waals surface area contributed by atoms with E-state index in [0.717, 1.165) is 19.6 Å². The molecule has 64 valence electrons. The van der Waals surface area contributed by atoms with Crippen molar-refractivity contribution in [1.29, 1.82) is 0 Å². The zero-order valence-corrected chi connectivity index (χ0v) is 7.14. The fraction of sp³-hybridized carbons (Fsp3) is 1.00. The second-order valence-electron chi connectivity index (χ2n) is 3.53. The molecular weight excluding hydrogens is 140 g/mol. The third kappa shape index (κ3) is 1.09. The number of hydrogen-bond donors (Lipinski definition) is 0. The van der Waals surface area contributed by atoms with Gasteiger partial charge in [0.25, 0.3) is 0 Å². The van der Waals surface area contributed by atoms with E-state index in [-0.39, 0.29) is 5.79 Å². The smallest absolute Gasteiger partial charge is 0.171 e. The second kappa shape index (κ2) is 2.76. The highest BCUT2D eigenvalue weighted by molar-refractivity contribution is 4.92. The molecule has 0 aromatic rings. The van der Waals surface area contributed by atoms with Crippen LogP contribution in [-0.4, -0.2) is 19.0 Å². The van der Waals surface area contributed by atoms with E-state index in [1.165, 1.54) is 19.3 Å². The van der Waals surface area contributed by atoms with Gasteiger partial charge in [0, 0.05) is 12.3 Å². The van der Waals surface area contributed by atoms with Crippen molar-refractivity contribution in [2.24, 2.45) is 5.92 Å². The van der Waals surface area contributed by atoms with Gasteiger partial charge in [-0.05, 0) is 12.8 Å². The monoisotopic (exact) mass is 156 g/mol. The first-order chi connectivity index (χ1) is 5.37. The van der Waals surface area contributed by atoms with E-state index in [4.69, 9.17) is 9.47 Å². The second-order valence-corrected chi connectivity index (χ2v) is 3.53. The quantitative estimate of drug-likeness (QED) is 0.608. The minimum Gasteiger partial charge on any atom is -0.347 e. The van der Waals surface area contributed by atoms with Crippen LogP contribution >= 0.6 is 0 Å². The van der Waals surface area contributed by atoms with Gasteiger partial charge in [-0.25, -0.2) is 0 Å². The maximum Gasteiger partial charge on any atom is 0.171 e. The summed E-state index contributed by atoms with van der Waals surface area (Å²) in [7, 11) is 0. The van der Waals surface area contributed by atoms with Crippen molar-refractivity contribution in [3.63, 3.8) is 0 Å². The Labute approximate surface area is 67.9 Å². The fourth-order valence-corrected chi connectivity index (χ4v) is 2.15. The van der Waals surface area contributed by atoms with Crippen LogP contribution in [0.3, 0.4) is 0 Å². The molecular formula is C9H16O2. The third-order valence-corrected chi connectivity index (χ3v) is 2.88. The molecule has 2 aliphatic rings. The lowest BCUT2D eigenvalue weighted by Gasteiger charge is -2.44. The Kier molecular flexibility index (Phi) is 1.90. The summed E-state index contributed by atoms with van der Waals surface area (Å²) in [6, 6.07) is 0. The van der Waals surface area contributed by atoms with Gasteiger partial charge in [-0.15, -0.1) is 0 Å². The predicted molar refractivity (Wildman–Crippen MR) is 42.3 cm³/mol. The maximum absolute atomic E-state index is 5.62. The van der Waals surface area contributed by atoms with Gasteiger partial charge in [0.05, 0.1) is 13.2 Å². The van der Waals surface area contributed by atoms with Gasteiger partial charge in [0.2, 0.25) is 0 Å². The Morgan fingerprint density at radius 3 is 2.55 bits per heavy atom. The highest BCUT2D eigenvalue weighted by atomic mass is 16.7. The van der Waals surface area contributed by atoms with Crippen LogP contribution in [0.4, 0.5) is 0 Å². The van der Waals surface area contributed by atoms with Gasteiger partial charge in [0.15, 0.2) is 5.79 Å². The van der Waals surface area contributed by atoms with Crippen molar-refractivity contribution in [3.8, 4) is 0 Å². The van der Waals surface area contributed by atoms with Crippen LogP contribution in [0.1, 0.15) is 32.6 Å². The van der Waals surface area contributed by atoms with E-state index in [2.05, 4.69) is 6.92 Å². The van der Waals surface area contributed by atoms with E-state index in [0.29, 0.717) is 5.92 Å². The Morgan fingerprint density at radius 2 is 2.09 bits per heavy atom. The van der Waals surface area contributed by atoms with Crippen LogP contribution in [-0.2, 0) is 9.47 Å². The highest BCUT2D eigenvalue weighted by Crippen LogP contribution is 2.47. The minimum atomic E-state index is -0.115. The molecule has 1 spiro atoms. The standard InChI is InChI=1S/C9H16O2/c1-2-3-8-4-5-9(8)10-6-7-11-9/h8H,2-7H2,1H3. The van der Waals surface area contributed by atoms with Crippen LogP contribution in [0.25, 0.3) is 0 Å². The molecule has 1 unspecified atom stereocenters. The summed E-state index contributed by atoms with van der Waals surface area (Å²) in [6.07, 6.45) is 4.94. The van der Waals surface area contributed by atoms with Crippen molar-refractivity contribution in [2.75, 3.05) is 13.2 Å². The molecule has 1 heterocycles. The fourth-order valence-electron chi connectivity index (χ4n) is 2.15. The Hall–Kier alpha value is -0.0800. The molecule has 1 aliphatic heterocycles. The largest absolute Gasteiger partial charge is 0.347 e. The van der Waals surface area contributed by atoms with Crippen LogP contribution in [0.15, 0.2) is 0 Å². The van der Waals surface area contributed by atoms with Crippen molar-refractivity contribution in [1.82, 2.24) is 0 Å². The van der Waals surface area contributed by atoms with Crippen LogP contribution in [0, 0.1) is 5.92 Å². The summed E-state index contributed by atoms with van der Waals surface area (Å²) in [5, 5.41) is 0. The molecule has 11 heavy (non-hydrogen) atoms. The lowest BCUT2D eigenvalue weighted by Crippen LogP contribution is -2.47. The first-order valence-electron chi connectivity index (χ1n) is 4.65. The molecule has 0 radical (unpaired) electrons. The normalized spacial score (nSPS) is 34.1. The van der Waals surface area contributed by atoms with Crippen LogP contribution < -0.4 is 0 Å². The summed E-state index contributed by atoms with van der Waals surface area (Å²) in [6.45, 7) is 3.83. The summed E-state index contributed by atoms with van der Waals surface area (Å²) in [5.41, 5.74) is 0. The highest BCUT2D eigenvalue weighted by Gasteiger charge is 2.50. The summed E-state index contributed by atoms with van der Waals surface area (Å²) < 4.78 is 11.2. The van der Waals surface area contributed by atoms with Gasteiger partial charge in [-0.2, -0.15) is 0 Å². The first-order valence-corrected chi connectivity index (χ1v) is 4.65. The lowest BCUT2D eigenvalue weighted by molar-refractivity contribution is -0.249. The first kappa shape index (κ1) is 7.56. The van der Waals surface area contributed by atoms with E-state index in [1.807, 2.05) is 0 Å². The SMILES string of the molecule is CCCC1CCC12OCCO2. The van der Waals surface area contributed by atoms with Gasteiger partial charge in [-0.1, -0.05) is 13.3 Å². The van der Waals surface area contributed by atoms with E-state index >= 15 is 0 Å². The topological polar surface area (TPSA) is 18.5 Å². The molecule has 1 aliphatic carbocycles. The zero-order valence-electron chi connectivity index (χ0n) is 7.14. The van der Waals surface area contributed by atoms with Gasteiger partial charge in [0.1, 0.15) is 0 Å². The summed E-state index contributed by atoms with van der Waals surface area (Å²) >= 11 is 0. The Balaban J connectivity index is 1.92. The molecule has 1 atom stereocenters. The van der Waals surface area contributed by atoms with Crippen molar-refractivity contribution >= 4 is 0 Å². The minimum absolute atomic E-state index is 0.115. The number of hydrogen-bond acceptors (Lipinski definition) is 2. The van der Waals surface area contributed by atoms with Crippen LogP contribution in [0.2, 0.25) is 0 Å². The van der Waals surface area contributed by atoms with Crippen molar-refractivity contribution in [2.45, 2.75) is 38.4 Å². The average Bonchev–Trinajstić information content (AvgIpc) is 2.48. The lowest BCUT2D eigenvalue weighted by atomic mass is 9.75. The molecule has 0 bridgehead atoms. The molecule has 2 fully saturated rings. The molecule has 0 aromatic carbocycles. The molecule has 2 heteroatoms. The van der Waals surface area contributed by atoms with Crippen LogP contribution in [0.5, 0.6) is 0 Å². The predicted octanol–water partition coefficient (Wildman–Crippen LogP) is 1.94. The van der Waals surface area contributed by atoms with E-state index in [9.17, 15) is 0 Å². The molecule has 2 rings (SSSR count). The number of rotatable bonds is 2. The Morgan fingerprint density at radius 1 is 1.36 bits per heavy atom. The van der Waals surface area contributed by atoms with Gasteiger partial charge < -0.3 is 9.47 Å². The summed E-state index contributed by atoms with van der Waals surface area (Å²) in [4.78, 5) is 0. The molecule has 2 nitrogen and oxygen atoms in total. The van der Waals surface area contributed by atoms with E-state index in [1.54, 1.807) is 0 Å². The third-order valence-electron chi connectivity index (χ3n) is 2.88. The maximum atomic E-state index is 5.62. The molecule has 0 aromatic heterocycles. The molecule has 1 saturated heterocycles. The van der Waals surface area contributed by atoms with Gasteiger partial charge >= 0.3 is 0 Å². The Bertz CT molecular complexity index is 138. The van der Waals surface area contributed by atoms with Crippen molar-refractivity contribution in [3.05, 3.63) is 0 Å². The molecule has 0 N–H and O–H groups in total. The van der Waals surface area contributed by atoms with Crippen molar-refractivity contribution < 1.29 is 9.47 Å². The van der Waals surface area contributed by atoms with E-state index < -0.39 is 0 Å².